The standard InChI is InChI=1S/C13H12F3NO3/c1-8(12(19)20)6-11(18)17-7-9-2-4-10(5-3-9)13(14,15)16/h2-5H,1,6-7H2,(H,17,18)(H,19,20). The fourth-order valence-corrected chi connectivity index (χ4v) is 1.34. The Morgan fingerprint density at radius 3 is 2.20 bits per heavy atom. The van der Waals surface area contributed by atoms with E-state index in [1.54, 1.807) is 0 Å². The van der Waals surface area contributed by atoms with Crippen molar-refractivity contribution in [3.8, 4) is 0 Å². The molecular formula is C13H12F3NO3. The molecule has 1 aromatic carbocycles. The van der Waals surface area contributed by atoms with Crippen molar-refractivity contribution < 1.29 is 27.9 Å². The number of carbonyl (C=O) groups excluding carboxylic acids is 1. The van der Waals surface area contributed by atoms with Gasteiger partial charge in [-0.1, -0.05) is 18.7 Å². The first-order chi connectivity index (χ1) is 9.20. The normalized spacial score (nSPS) is 10.9. The summed E-state index contributed by atoms with van der Waals surface area (Å²) in [4.78, 5) is 21.8. The lowest BCUT2D eigenvalue weighted by Gasteiger charge is -2.08. The Morgan fingerprint density at radius 2 is 1.75 bits per heavy atom. The van der Waals surface area contributed by atoms with Gasteiger partial charge in [-0.15, -0.1) is 0 Å². The Labute approximate surface area is 112 Å². The minimum atomic E-state index is -4.40. The number of carboxylic acid groups (broad SMARTS) is 1. The van der Waals surface area contributed by atoms with Gasteiger partial charge in [0.15, 0.2) is 0 Å². The lowest BCUT2D eigenvalue weighted by molar-refractivity contribution is -0.137. The Bertz CT molecular complexity index is 521. The molecule has 0 saturated heterocycles. The molecule has 2 N–H and O–H groups in total. The summed E-state index contributed by atoms with van der Waals surface area (Å²) in [6, 6.07) is 4.32. The van der Waals surface area contributed by atoms with Crippen molar-refractivity contribution in [1.82, 2.24) is 5.32 Å². The van der Waals surface area contributed by atoms with Crippen LogP contribution in [-0.4, -0.2) is 17.0 Å². The Hall–Kier alpha value is -2.31. The van der Waals surface area contributed by atoms with Gasteiger partial charge >= 0.3 is 12.1 Å². The Balaban J connectivity index is 2.52. The SMILES string of the molecule is C=C(CC(=O)NCc1ccc(C(F)(F)F)cc1)C(=O)O. The molecule has 0 aliphatic rings. The van der Waals surface area contributed by atoms with Gasteiger partial charge in [0.25, 0.3) is 0 Å². The lowest BCUT2D eigenvalue weighted by Crippen LogP contribution is -2.24. The van der Waals surface area contributed by atoms with Crippen LogP contribution >= 0.6 is 0 Å². The molecule has 0 aromatic heterocycles. The monoisotopic (exact) mass is 287 g/mol. The summed E-state index contributed by atoms with van der Waals surface area (Å²) in [6.45, 7) is 3.22. The Morgan fingerprint density at radius 1 is 1.20 bits per heavy atom. The largest absolute Gasteiger partial charge is 0.478 e. The molecule has 0 heterocycles. The summed E-state index contributed by atoms with van der Waals surface area (Å²) in [5.74, 6) is -1.83. The van der Waals surface area contributed by atoms with Gasteiger partial charge in [0.2, 0.25) is 5.91 Å². The van der Waals surface area contributed by atoms with Crippen molar-refractivity contribution >= 4 is 11.9 Å². The highest BCUT2D eigenvalue weighted by molar-refractivity contribution is 5.93. The third kappa shape index (κ3) is 4.75. The molecule has 0 fully saturated rings. The van der Waals surface area contributed by atoms with E-state index < -0.39 is 23.6 Å². The summed E-state index contributed by atoms with van der Waals surface area (Å²) in [7, 11) is 0. The van der Waals surface area contributed by atoms with E-state index in [-0.39, 0.29) is 18.5 Å². The molecule has 1 aromatic rings. The van der Waals surface area contributed by atoms with Gasteiger partial charge in [0.1, 0.15) is 0 Å². The van der Waals surface area contributed by atoms with E-state index in [4.69, 9.17) is 5.11 Å². The molecule has 0 saturated carbocycles. The minimum absolute atomic E-state index is 0.0177. The predicted molar refractivity (Wildman–Crippen MR) is 64.7 cm³/mol. The summed E-state index contributed by atoms with van der Waals surface area (Å²) < 4.78 is 37.0. The third-order valence-corrected chi connectivity index (χ3v) is 2.45. The highest BCUT2D eigenvalue weighted by Crippen LogP contribution is 2.28. The number of benzene rings is 1. The second kappa shape index (κ2) is 6.23. The number of carbonyl (C=O) groups is 2. The number of aliphatic carboxylic acids is 1. The number of carboxylic acids is 1. The van der Waals surface area contributed by atoms with Crippen LogP contribution in [0, 0.1) is 0 Å². The quantitative estimate of drug-likeness (QED) is 0.817. The van der Waals surface area contributed by atoms with Crippen LogP contribution in [0.3, 0.4) is 0 Å². The molecule has 108 valence electrons. The molecule has 0 aliphatic heterocycles. The first-order valence-corrected chi connectivity index (χ1v) is 5.54. The van der Waals surface area contributed by atoms with Crippen molar-refractivity contribution in [2.75, 3.05) is 0 Å². The van der Waals surface area contributed by atoms with Crippen LogP contribution in [-0.2, 0) is 22.3 Å². The van der Waals surface area contributed by atoms with Crippen LogP contribution in [0.4, 0.5) is 13.2 Å². The molecule has 1 amide bonds. The van der Waals surface area contributed by atoms with Crippen molar-refractivity contribution in [1.29, 1.82) is 0 Å². The summed E-state index contributed by atoms with van der Waals surface area (Å²) >= 11 is 0. The van der Waals surface area contributed by atoms with Crippen LogP contribution in [0.25, 0.3) is 0 Å². The third-order valence-electron chi connectivity index (χ3n) is 2.45. The van der Waals surface area contributed by atoms with E-state index >= 15 is 0 Å². The summed E-state index contributed by atoms with van der Waals surface area (Å²) in [5.41, 5.74) is -0.547. The maximum Gasteiger partial charge on any atom is 0.416 e. The lowest BCUT2D eigenvalue weighted by atomic mass is 10.1. The molecule has 0 radical (unpaired) electrons. The van der Waals surface area contributed by atoms with Crippen LogP contribution in [0.2, 0.25) is 0 Å². The van der Waals surface area contributed by atoms with Crippen LogP contribution in [0.1, 0.15) is 17.5 Å². The highest BCUT2D eigenvalue weighted by atomic mass is 19.4. The second-order valence-electron chi connectivity index (χ2n) is 4.06. The molecule has 7 heteroatoms. The van der Waals surface area contributed by atoms with E-state index in [2.05, 4.69) is 11.9 Å². The summed E-state index contributed by atoms with van der Waals surface area (Å²) in [6.07, 6.45) is -4.77. The van der Waals surface area contributed by atoms with Crippen LogP contribution in [0.5, 0.6) is 0 Å². The highest BCUT2D eigenvalue weighted by Gasteiger charge is 2.29. The van der Waals surface area contributed by atoms with E-state index in [0.717, 1.165) is 12.1 Å². The van der Waals surface area contributed by atoms with Gasteiger partial charge in [-0.05, 0) is 17.7 Å². The van der Waals surface area contributed by atoms with E-state index in [0.29, 0.717) is 5.56 Å². The maximum absolute atomic E-state index is 12.3. The van der Waals surface area contributed by atoms with E-state index in [1.807, 2.05) is 0 Å². The molecule has 0 bridgehead atoms. The molecule has 20 heavy (non-hydrogen) atoms. The number of nitrogens with one attached hydrogen (secondary N) is 1. The first-order valence-electron chi connectivity index (χ1n) is 5.54. The minimum Gasteiger partial charge on any atom is -0.478 e. The summed E-state index contributed by atoms with van der Waals surface area (Å²) in [5, 5.41) is 10.9. The molecule has 0 spiro atoms. The van der Waals surface area contributed by atoms with Gasteiger partial charge < -0.3 is 10.4 Å². The van der Waals surface area contributed by atoms with Crippen LogP contribution in [0.15, 0.2) is 36.4 Å². The molecular weight excluding hydrogens is 275 g/mol. The number of hydrogen-bond donors (Lipinski definition) is 2. The molecule has 0 aliphatic carbocycles. The zero-order chi connectivity index (χ0) is 15.3. The van der Waals surface area contributed by atoms with E-state index in [9.17, 15) is 22.8 Å². The van der Waals surface area contributed by atoms with Gasteiger partial charge in [-0.3, -0.25) is 4.79 Å². The number of halogens is 3. The smallest absolute Gasteiger partial charge is 0.416 e. The van der Waals surface area contributed by atoms with Crippen molar-refractivity contribution in [3.63, 3.8) is 0 Å². The van der Waals surface area contributed by atoms with Gasteiger partial charge in [-0.25, -0.2) is 4.79 Å². The van der Waals surface area contributed by atoms with E-state index in [1.165, 1.54) is 12.1 Å². The number of hydrogen-bond acceptors (Lipinski definition) is 2. The zero-order valence-corrected chi connectivity index (χ0v) is 10.3. The fourth-order valence-electron chi connectivity index (χ4n) is 1.34. The molecule has 1 rings (SSSR count). The van der Waals surface area contributed by atoms with Crippen molar-refractivity contribution in [2.24, 2.45) is 0 Å². The van der Waals surface area contributed by atoms with Crippen LogP contribution < -0.4 is 5.32 Å². The van der Waals surface area contributed by atoms with Crippen molar-refractivity contribution in [3.05, 3.63) is 47.5 Å². The number of rotatable bonds is 5. The zero-order valence-electron chi connectivity index (χ0n) is 10.3. The fraction of sp³-hybridized carbons (Fsp3) is 0.231. The van der Waals surface area contributed by atoms with Crippen molar-refractivity contribution in [2.45, 2.75) is 19.1 Å². The maximum atomic E-state index is 12.3. The van der Waals surface area contributed by atoms with Gasteiger partial charge in [0, 0.05) is 12.1 Å². The number of alkyl halides is 3. The molecule has 4 nitrogen and oxygen atoms in total. The average Bonchev–Trinajstić information content (AvgIpc) is 2.35. The molecule has 0 atom stereocenters. The van der Waals surface area contributed by atoms with Gasteiger partial charge in [-0.2, -0.15) is 13.2 Å². The average molecular weight is 287 g/mol. The second-order valence-corrected chi connectivity index (χ2v) is 4.06. The Kier molecular flexibility index (Phi) is 4.90. The first kappa shape index (κ1) is 15.7. The predicted octanol–water partition coefficient (Wildman–Crippen LogP) is 2.35. The topological polar surface area (TPSA) is 66.4 Å². The number of amides is 1. The molecule has 0 unspecified atom stereocenters. The van der Waals surface area contributed by atoms with Gasteiger partial charge in [0.05, 0.1) is 12.0 Å².